The highest BCUT2D eigenvalue weighted by Crippen LogP contribution is 2.15. The van der Waals surface area contributed by atoms with Crippen LogP contribution in [0.3, 0.4) is 0 Å². The van der Waals surface area contributed by atoms with Gasteiger partial charge in [-0.05, 0) is 24.6 Å². The van der Waals surface area contributed by atoms with Crippen molar-refractivity contribution in [3.05, 3.63) is 23.9 Å². The van der Waals surface area contributed by atoms with Gasteiger partial charge in [-0.15, -0.1) is 0 Å². The van der Waals surface area contributed by atoms with Gasteiger partial charge in [-0.1, -0.05) is 5.16 Å². The summed E-state index contributed by atoms with van der Waals surface area (Å²) in [5.74, 6) is 0.498. The minimum atomic E-state index is 0.392. The number of nitrogens with one attached hydrogen (secondary N) is 1. The zero-order valence-corrected chi connectivity index (χ0v) is 7.98. The number of rotatable bonds is 2. The first-order valence-electron chi connectivity index (χ1n) is 4.24. The van der Waals surface area contributed by atoms with Gasteiger partial charge in [0.05, 0.1) is 0 Å². The molecule has 1 N–H and O–H groups in total. The standard InChI is InChI=1S/C9H10N4O/c1-6-3-4-11-7(5-6)8-12-9(10-2)14-13-8/h3-5H,1-2H3,(H,10,12,13). The van der Waals surface area contributed by atoms with Gasteiger partial charge in [0.1, 0.15) is 5.69 Å². The first kappa shape index (κ1) is 8.68. The van der Waals surface area contributed by atoms with Crippen molar-refractivity contribution in [3.8, 4) is 11.5 Å². The maximum atomic E-state index is 4.90. The van der Waals surface area contributed by atoms with Crippen LogP contribution in [-0.2, 0) is 0 Å². The van der Waals surface area contributed by atoms with Crippen molar-refractivity contribution in [3.63, 3.8) is 0 Å². The zero-order valence-electron chi connectivity index (χ0n) is 7.98. The molecule has 2 heterocycles. The van der Waals surface area contributed by atoms with Crippen LogP contribution in [0.1, 0.15) is 5.56 Å². The van der Waals surface area contributed by atoms with Crippen LogP contribution in [0.25, 0.3) is 11.5 Å². The lowest BCUT2D eigenvalue weighted by Gasteiger charge is -1.93. The molecule has 0 saturated heterocycles. The predicted molar refractivity (Wildman–Crippen MR) is 51.8 cm³/mol. The Balaban J connectivity index is 2.39. The Morgan fingerprint density at radius 1 is 1.43 bits per heavy atom. The van der Waals surface area contributed by atoms with Crippen molar-refractivity contribution in [2.75, 3.05) is 12.4 Å². The molecule has 2 rings (SSSR count). The Bertz CT molecular complexity index is 438. The van der Waals surface area contributed by atoms with Crippen LogP contribution in [0.5, 0.6) is 0 Å². The van der Waals surface area contributed by atoms with E-state index in [0.29, 0.717) is 11.8 Å². The van der Waals surface area contributed by atoms with Crippen LogP contribution in [-0.4, -0.2) is 22.2 Å². The first-order valence-corrected chi connectivity index (χ1v) is 4.24. The third-order valence-corrected chi connectivity index (χ3v) is 1.78. The summed E-state index contributed by atoms with van der Waals surface area (Å²) in [6.07, 6.45) is 1.72. The average molecular weight is 190 g/mol. The number of aromatic nitrogens is 3. The molecule has 0 aliphatic rings. The van der Waals surface area contributed by atoms with Crippen molar-refractivity contribution in [1.29, 1.82) is 0 Å². The van der Waals surface area contributed by atoms with Gasteiger partial charge in [0.2, 0.25) is 5.82 Å². The number of hydrogen-bond donors (Lipinski definition) is 1. The van der Waals surface area contributed by atoms with Gasteiger partial charge in [0.25, 0.3) is 0 Å². The molecular weight excluding hydrogens is 180 g/mol. The molecule has 0 aromatic carbocycles. The molecule has 5 heteroatoms. The van der Waals surface area contributed by atoms with E-state index in [0.717, 1.165) is 11.3 Å². The van der Waals surface area contributed by atoms with Gasteiger partial charge >= 0.3 is 6.01 Å². The van der Waals surface area contributed by atoms with Crippen LogP contribution in [0, 0.1) is 6.92 Å². The topological polar surface area (TPSA) is 63.8 Å². The Hall–Kier alpha value is -1.91. The Kier molecular flexibility index (Phi) is 2.14. The van der Waals surface area contributed by atoms with Crippen LogP contribution in [0.4, 0.5) is 6.01 Å². The smallest absolute Gasteiger partial charge is 0.321 e. The van der Waals surface area contributed by atoms with E-state index in [1.807, 2.05) is 19.1 Å². The average Bonchev–Trinajstić information content (AvgIpc) is 2.66. The summed E-state index contributed by atoms with van der Waals surface area (Å²) in [6.45, 7) is 1.99. The van der Waals surface area contributed by atoms with Crippen LogP contribution in [0.2, 0.25) is 0 Å². The predicted octanol–water partition coefficient (Wildman–Crippen LogP) is 1.48. The van der Waals surface area contributed by atoms with E-state index in [1.165, 1.54) is 0 Å². The summed E-state index contributed by atoms with van der Waals surface area (Å²) < 4.78 is 4.90. The number of nitrogens with zero attached hydrogens (tertiary/aromatic N) is 3. The Morgan fingerprint density at radius 3 is 2.93 bits per heavy atom. The van der Waals surface area contributed by atoms with Gasteiger partial charge < -0.3 is 9.84 Å². The number of hydrogen-bond acceptors (Lipinski definition) is 5. The van der Waals surface area contributed by atoms with Crippen LogP contribution >= 0.6 is 0 Å². The minimum absolute atomic E-state index is 0.392. The Labute approximate surface area is 81.2 Å². The van der Waals surface area contributed by atoms with E-state index in [4.69, 9.17) is 4.52 Å². The second kappa shape index (κ2) is 3.45. The Morgan fingerprint density at radius 2 is 2.29 bits per heavy atom. The zero-order chi connectivity index (χ0) is 9.97. The SMILES string of the molecule is CNc1nc(-c2cc(C)ccn2)no1. The maximum absolute atomic E-state index is 4.90. The summed E-state index contributed by atoms with van der Waals surface area (Å²) in [5.41, 5.74) is 1.83. The molecule has 2 aromatic rings. The third-order valence-electron chi connectivity index (χ3n) is 1.78. The highest BCUT2D eigenvalue weighted by Gasteiger charge is 2.07. The molecule has 0 spiro atoms. The minimum Gasteiger partial charge on any atom is -0.341 e. The summed E-state index contributed by atoms with van der Waals surface area (Å²) in [5, 5.41) is 6.55. The molecule has 0 aliphatic carbocycles. The molecule has 72 valence electrons. The summed E-state index contributed by atoms with van der Waals surface area (Å²) in [6, 6.07) is 4.22. The molecule has 0 atom stereocenters. The number of pyridine rings is 1. The van der Waals surface area contributed by atoms with Gasteiger partial charge in [0.15, 0.2) is 0 Å². The van der Waals surface area contributed by atoms with E-state index in [-0.39, 0.29) is 0 Å². The molecule has 0 amide bonds. The molecule has 0 radical (unpaired) electrons. The summed E-state index contributed by atoms with van der Waals surface area (Å²) in [7, 11) is 1.72. The van der Waals surface area contributed by atoms with Crippen molar-refractivity contribution in [2.45, 2.75) is 6.92 Å². The van der Waals surface area contributed by atoms with Crippen molar-refractivity contribution < 1.29 is 4.52 Å². The quantitative estimate of drug-likeness (QED) is 0.777. The fourth-order valence-corrected chi connectivity index (χ4v) is 1.09. The second-order valence-corrected chi connectivity index (χ2v) is 2.89. The molecule has 2 aromatic heterocycles. The van der Waals surface area contributed by atoms with Crippen LogP contribution in [0.15, 0.2) is 22.9 Å². The van der Waals surface area contributed by atoms with Crippen molar-refractivity contribution >= 4 is 6.01 Å². The molecule has 14 heavy (non-hydrogen) atoms. The largest absolute Gasteiger partial charge is 0.341 e. The van der Waals surface area contributed by atoms with E-state index < -0.39 is 0 Å². The van der Waals surface area contributed by atoms with Crippen molar-refractivity contribution in [1.82, 2.24) is 15.1 Å². The van der Waals surface area contributed by atoms with Crippen molar-refractivity contribution in [2.24, 2.45) is 0 Å². The summed E-state index contributed by atoms with van der Waals surface area (Å²) in [4.78, 5) is 8.23. The highest BCUT2D eigenvalue weighted by molar-refractivity contribution is 5.50. The number of anilines is 1. The monoisotopic (exact) mass is 190 g/mol. The molecule has 0 fully saturated rings. The van der Waals surface area contributed by atoms with Gasteiger partial charge in [0, 0.05) is 13.2 Å². The van der Waals surface area contributed by atoms with E-state index >= 15 is 0 Å². The lowest BCUT2D eigenvalue weighted by atomic mass is 10.2. The normalized spacial score (nSPS) is 10.1. The molecule has 0 unspecified atom stereocenters. The molecule has 0 bridgehead atoms. The number of aryl methyl sites for hydroxylation is 1. The van der Waals surface area contributed by atoms with E-state index in [1.54, 1.807) is 13.2 Å². The maximum Gasteiger partial charge on any atom is 0.321 e. The second-order valence-electron chi connectivity index (χ2n) is 2.89. The molecule has 5 nitrogen and oxygen atoms in total. The fourth-order valence-electron chi connectivity index (χ4n) is 1.09. The summed E-state index contributed by atoms with van der Waals surface area (Å²) >= 11 is 0. The van der Waals surface area contributed by atoms with Crippen LogP contribution < -0.4 is 5.32 Å². The van der Waals surface area contributed by atoms with E-state index in [9.17, 15) is 0 Å². The highest BCUT2D eigenvalue weighted by atomic mass is 16.5. The lowest BCUT2D eigenvalue weighted by molar-refractivity contribution is 0.434. The molecular formula is C9H10N4O. The fraction of sp³-hybridized carbons (Fsp3) is 0.222. The third kappa shape index (κ3) is 1.56. The molecule has 0 aliphatic heterocycles. The van der Waals surface area contributed by atoms with Gasteiger partial charge in [-0.3, -0.25) is 4.98 Å². The molecule has 0 saturated carbocycles. The van der Waals surface area contributed by atoms with Gasteiger partial charge in [-0.25, -0.2) is 0 Å². The lowest BCUT2D eigenvalue weighted by Crippen LogP contribution is -1.88. The van der Waals surface area contributed by atoms with E-state index in [2.05, 4.69) is 20.4 Å². The van der Waals surface area contributed by atoms with Gasteiger partial charge in [-0.2, -0.15) is 4.98 Å². The first-order chi connectivity index (χ1) is 6.79.